The van der Waals surface area contributed by atoms with Crippen molar-refractivity contribution in [3.63, 3.8) is 0 Å². The van der Waals surface area contributed by atoms with Crippen molar-refractivity contribution in [3.8, 4) is 0 Å². The zero-order valence-corrected chi connectivity index (χ0v) is 13.3. The topological polar surface area (TPSA) is 139 Å². The summed E-state index contributed by atoms with van der Waals surface area (Å²) in [5.74, 6) is -6.05. The third-order valence-electron chi connectivity index (χ3n) is 3.13. The van der Waals surface area contributed by atoms with Gasteiger partial charge in [-0.05, 0) is 18.4 Å². The number of aliphatic carboxylic acids is 2. The summed E-state index contributed by atoms with van der Waals surface area (Å²) in [6.45, 7) is 0.178. The molecule has 1 atom stereocenters. The summed E-state index contributed by atoms with van der Waals surface area (Å²) in [5, 5.41) is 20.0. The molecule has 0 amide bonds. The molecule has 3 N–H and O–H groups in total. The van der Waals surface area contributed by atoms with Gasteiger partial charge in [0.2, 0.25) is 0 Å². The Balaban J connectivity index is 2.46. The molecule has 0 aliphatic rings. The van der Waals surface area contributed by atoms with Crippen LogP contribution in [0.4, 0.5) is 0 Å². The molecule has 0 aliphatic carbocycles. The van der Waals surface area contributed by atoms with E-state index in [1.54, 1.807) is 0 Å². The molecule has 9 heteroatoms. The molecule has 0 heterocycles. The van der Waals surface area contributed by atoms with Crippen molar-refractivity contribution in [2.75, 3.05) is 13.2 Å². The normalized spacial score (nSPS) is 11.4. The summed E-state index contributed by atoms with van der Waals surface area (Å²) in [4.78, 5) is 42.7. The molecule has 0 fully saturated rings. The van der Waals surface area contributed by atoms with E-state index in [1.165, 1.54) is 0 Å². The largest absolute Gasteiger partial charge is 0.473 e. The van der Waals surface area contributed by atoms with Crippen molar-refractivity contribution in [2.24, 2.45) is 0 Å². The maximum Gasteiger partial charge on any atom is 0.417 e. The van der Waals surface area contributed by atoms with E-state index in [1.807, 2.05) is 30.3 Å². The lowest BCUT2D eigenvalue weighted by atomic mass is 10.1. The van der Waals surface area contributed by atoms with Crippen LogP contribution in [-0.4, -0.2) is 53.3 Å². The molecule has 0 unspecified atom stereocenters. The van der Waals surface area contributed by atoms with Crippen molar-refractivity contribution in [1.82, 2.24) is 5.32 Å². The zero-order valence-electron chi connectivity index (χ0n) is 13.3. The van der Waals surface area contributed by atoms with Gasteiger partial charge in [-0.3, -0.25) is 0 Å². The van der Waals surface area contributed by atoms with Crippen molar-refractivity contribution in [1.29, 1.82) is 0 Å². The number of hydrogen-bond donors (Lipinski definition) is 3. The molecule has 0 saturated heterocycles. The molecule has 1 aromatic rings. The van der Waals surface area contributed by atoms with Crippen LogP contribution in [0.3, 0.4) is 0 Å². The first-order chi connectivity index (χ1) is 11.9. The smallest absolute Gasteiger partial charge is 0.417 e. The molecule has 1 aromatic carbocycles. The molecule has 0 radical (unpaired) electrons. The van der Waals surface area contributed by atoms with Gasteiger partial charge in [-0.15, -0.1) is 0 Å². The van der Waals surface area contributed by atoms with E-state index in [0.29, 0.717) is 19.4 Å². The van der Waals surface area contributed by atoms with Crippen molar-refractivity contribution in [2.45, 2.75) is 25.4 Å². The standard InChI is InChI=1S/C16H19NO8/c18-13(19)15(22)24-8-4-7-12(10-25-16(23)14(20)21)17-9-11-5-2-1-3-6-11/h1-3,5-6,12,17H,4,7-10H2,(H,18,19)(H,20,21)/t12-/m1/s1. The Hall–Kier alpha value is -2.94. The number of ether oxygens (including phenoxy) is 2. The first-order valence-electron chi connectivity index (χ1n) is 7.47. The van der Waals surface area contributed by atoms with Crippen LogP contribution in [0.15, 0.2) is 30.3 Å². The number of rotatable bonds is 9. The van der Waals surface area contributed by atoms with E-state index in [9.17, 15) is 19.2 Å². The Morgan fingerprint density at radius 1 is 0.960 bits per heavy atom. The van der Waals surface area contributed by atoms with Gasteiger partial charge in [-0.1, -0.05) is 30.3 Å². The number of esters is 2. The van der Waals surface area contributed by atoms with Gasteiger partial charge in [-0.2, -0.15) is 0 Å². The Labute approximate surface area is 143 Å². The maximum atomic E-state index is 11.0. The number of benzene rings is 1. The number of hydrogen-bond acceptors (Lipinski definition) is 7. The summed E-state index contributed by atoms with van der Waals surface area (Å²) in [7, 11) is 0. The summed E-state index contributed by atoms with van der Waals surface area (Å²) in [5.41, 5.74) is 0.981. The quantitative estimate of drug-likeness (QED) is 0.322. The van der Waals surface area contributed by atoms with Gasteiger partial charge in [-0.25, -0.2) is 19.2 Å². The summed E-state index contributed by atoms with van der Waals surface area (Å²) in [6.07, 6.45) is 0.697. The lowest BCUT2D eigenvalue weighted by Crippen LogP contribution is -2.35. The van der Waals surface area contributed by atoms with Crippen LogP contribution in [-0.2, 0) is 35.2 Å². The Morgan fingerprint density at radius 2 is 1.56 bits per heavy atom. The first kappa shape index (κ1) is 20.1. The molecule has 9 nitrogen and oxygen atoms in total. The molecule has 25 heavy (non-hydrogen) atoms. The average Bonchev–Trinajstić information content (AvgIpc) is 2.60. The summed E-state index contributed by atoms with van der Waals surface area (Å²) < 4.78 is 9.18. The molecular formula is C16H19NO8. The highest BCUT2D eigenvalue weighted by Gasteiger charge is 2.17. The summed E-state index contributed by atoms with van der Waals surface area (Å²) >= 11 is 0. The fourth-order valence-corrected chi connectivity index (χ4v) is 1.90. The molecule has 0 bridgehead atoms. The number of carbonyl (C=O) groups is 4. The van der Waals surface area contributed by atoms with Crippen molar-refractivity contribution in [3.05, 3.63) is 35.9 Å². The average molecular weight is 353 g/mol. The second-order valence-electron chi connectivity index (χ2n) is 5.05. The van der Waals surface area contributed by atoms with Gasteiger partial charge in [0.1, 0.15) is 6.61 Å². The van der Waals surface area contributed by atoms with E-state index < -0.39 is 23.9 Å². The van der Waals surface area contributed by atoms with Crippen molar-refractivity contribution >= 4 is 23.9 Å². The molecule has 1 rings (SSSR count). The minimum Gasteiger partial charge on any atom is -0.473 e. The number of nitrogens with one attached hydrogen (secondary N) is 1. The van der Waals surface area contributed by atoms with E-state index in [2.05, 4.69) is 14.8 Å². The van der Waals surface area contributed by atoms with Gasteiger partial charge in [0.15, 0.2) is 0 Å². The highest BCUT2D eigenvalue weighted by Crippen LogP contribution is 2.04. The fourth-order valence-electron chi connectivity index (χ4n) is 1.90. The van der Waals surface area contributed by atoms with Crippen molar-refractivity contribution < 1.29 is 38.9 Å². The lowest BCUT2D eigenvalue weighted by molar-refractivity contribution is -0.164. The minimum atomic E-state index is -1.68. The molecule has 0 spiro atoms. The summed E-state index contributed by atoms with van der Waals surface area (Å²) in [6, 6.07) is 8.99. The zero-order chi connectivity index (χ0) is 18.7. The molecule has 0 saturated carbocycles. The van der Waals surface area contributed by atoms with Gasteiger partial charge in [0.05, 0.1) is 6.61 Å². The molecule has 0 aromatic heterocycles. The first-order valence-corrected chi connectivity index (χ1v) is 7.47. The van der Waals surface area contributed by atoms with Crippen LogP contribution in [0.1, 0.15) is 18.4 Å². The molecular weight excluding hydrogens is 334 g/mol. The SMILES string of the molecule is O=C(O)C(=O)OCCC[C@H](COC(=O)C(=O)O)NCc1ccccc1. The predicted octanol–water partition coefficient (Wildman–Crippen LogP) is 0.181. The van der Waals surface area contributed by atoms with Crippen LogP contribution in [0.5, 0.6) is 0 Å². The highest BCUT2D eigenvalue weighted by molar-refractivity contribution is 6.29. The lowest BCUT2D eigenvalue weighted by Gasteiger charge is -2.18. The molecule has 0 aliphatic heterocycles. The third kappa shape index (κ3) is 8.47. The third-order valence-corrected chi connectivity index (χ3v) is 3.13. The molecule has 136 valence electrons. The van der Waals surface area contributed by atoms with Gasteiger partial charge in [0.25, 0.3) is 0 Å². The van der Waals surface area contributed by atoms with Crippen LogP contribution in [0, 0.1) is 0 Å². The van der Waals surface area contributed by atoms with Crippen LogP contribution >= 0.6 is 0 Å². The Morgan fingerprint density at radius 3 is 2.16 bits per heavy atom. The van der Waals surface area contributed by atoms with Crippen LogP contribution in [0.2, 0.25) is 0 Å². The number of carboxylic acids is 2. The van der Waals surface area contributed by atoms with E-state index in [4.69, 9.17) is 10.2 Å². The van der Waals surface area contributed by atoms with E-state index in [-0.39, 0.29) is 19.3 Å². The fraction of sp³-hybridized carbons (Fsp3) is 0.375. The monoisotopic (exact) mass is 353 g/mol. The minimum absolute atomic E-state index is 0.110. The second kappa shape index (κ2) is 10.8. The van der Waals surface area contributed by atoms with E-state index >= 15 is 0 Å². The predicted molar refractivity (Wildman–Crippen MR) is 83.5 cm³/mol. The van der Waals surface area contributed by atoms with Crippen LogP contribution in [0.25, 0.3) is 0 Å². The maximum absolute atomic E-state index is 11.0. The van der Waals surface area contributed by atoms with E-state index in [0.717, 1.165) is 5.56 Å². The van der Waals surface area contributed by atoms with Gasteiger partial charge < -0.3 is 25.0 Å². The number of carboxylic acid groups (broad SMARTS) is 2. The second-order valence-corrected chi connectivity index (χ2v) is 5.05. The van der Waals surface area contributed by atoms with Crippen LogP contribution < -0.4 is 5.32 Å². The highest BCUT2D eigenvalue weighted by atomic mass is 16.6. The Bertz CT molecular complexity index is 601. The van der Waals surface area contributed by atoms with Gasteiger partial charge >= 0.3 is 23.9 Å². The number of carbonyl (C=O) groups excluding carboxylic acids is 2. The Kier molecular flexibility index (Phi) is 8.66. The van der Waals surface area contributed by atoms with Gasteiger partial charge in [0, 0.05) is 12.6 Å².